The lowest BCUT2D eigenvalue weighted by Crippen LogP contribution is -2.30. The van der Waals surface area contributed by atoms with Crippen LogP contribution in [0.15, 0.2) is 24.3 Å². The SMILES string of the molecule is CCN1CCc2c(sc(NC(=O)Nc3ccc(Cl)cc3)c2C(N)=O)C1. The van der Waals surface area contributed by atoms with E-state index >= 15 is 0 Å². The number of fused-ring (bicyclic) bond motifs is 1. The molecule has 0 fully saturated rings. The monoisotopic (exact) mass is 378 g/mol. The number of amides is 3. The minimum atomic E-state index is -0.510. The molecule has 1 aromatic carbocycles. The summed E-state index contributed by atoms with van der Waals surface area (Å²) in [5.74, 6) is -0.510. The average molecular weight is 379 g/mol. The third-order valence-corrected chi connectivity index (χ3v) is 5.54. The zero-order chi connectivity index (χ0) is 18.0. The van der Waals surface area contributed by atoms with Gasteiger partial charge in [0, 0.05) is 28.7 Å². The molecule has 25 heavy (non-hydrogen) atoms. The van der Waals surface area contributed by atoms with Crippen LogP contribution in [0.5, 0.6) is 0 Å². The molecule has 0 radical (unpaired) electrons. The Morgan fingerprint density at radius 3 is 2.64 bits per heavy atom. The maximum Gasteiger partial charge on any atom is 0.324 e. The van der Waals surface area contributed by atoms with Crippen molar-refractivity contribution in [3.63, 3.8) is 0 Å². The number of urea groups is 1. The minimum absolute atomic E-state index is 0.421. The number of carbonyl (C=O) groups is 2. The molecule has 2 heterocycles. The van der Waals surface area contributed by atoms with E-state index in [0.717, 1.165) is 36.5 Å². The fourth-order valence-corrected chi connectivity index (χ4v) is 4.29. The number of thiophene rings is 1. The van der Waals surface area contributed by atoms with Crippen LogP contribution in [0.25, 0.3) is 0 Å². The van der Waals surface area contributed by atoms with Gasteiger partial charge in [-0.2, -0.15) is 0 Å². The highest BCUT2D eigenvalue weighted by Gasteiger charge is 2.27. The highest BCUT2D eigenvalue weighted by molar-refractivity contribution is 7.17. The summed E-state index contributed by atoms with van der Waals surface area (Å²) in [6, 6.07) is 6.37. The molecule has 6 nitrogen and oxygen atoms in total. The van der Waals surface area contributed by atoms with Crippen molar-refractivity contribution >= 4 is 45.6 Å². The van der Waals surface area contributed by atoms with Gasteiger partial charge in [0.2, 0.25) is 0 Å². The molecule has 8 heteroatoms. The number of carbonyl (C=O) groups excluding carboxylic acids is 2. The first kappa shape index (κ1) is 17.7. The van der Waals surface area contributed by atoms with Crippen molar-refractivity contribution in [2.75, 3.05) is 23.7 Å². The molecule has 0 spiro atoms. The van der Waals surface area contributed by atoms with Gasteiger partial charge in [0.15, 0.2) is 0 Å². The molecule has 0 aliphatic carbocycles. The van der Waals surface area contributed by atoms with E-state index in [1.54, 1.807) is 24.3 Å². The smallest absolute Gasteiger partial charge is 0.324 e. The van der Waals surface area contributed by atoms with Crippen molar-refractivity contribution in [2.45, 2.75) is 19.9 Å². The predicted molar refractivity (Wildman–Crippen MR) is 102 cm³/mol. The van der Waals surface area contributed by atoms with Gasteiger partial charge in [0.1, 0.15) is 5.00 Å². The van der Waals surface area contributed by atoms with Crippen molar-refractivity contribution in [3.05, 3.63) is 45.3 Å². The van der Waals surface area contributed by atoms with Gasteiger partial charge in [0.25, 0.3) is 5.91 Å². The summed E-state index contributed by atoms with van der Waals surface area (Å²) in [4.78, 5) is 27.6. The molecule has 0 saturated heterocycles. The van der Waals surface area contributed by atoms with Crippen molar-refractivity contribution in [2.24, 2.45) is 5.73 Å². The van der Waals surface area contributed by atoms with Crippen LogP contribution in [0, 0.1) is 0 Å². The predicted octanol–water partition coefficient (Wildman–Crippen LogP) is 3.52. The van der Waals surface area contributed by atoms with Crippen LogP contribution in [0.4, 0.5) is 15.5 Å². The Hall–Kier alpha value is -2.09. The molecule has 0 saturated carbocycles. The van der Waals surface area contributed by atoms with Crippen LogP contribution in [-0.2, 0) is 13.0 Å². The van der Waals surface area contributed by atoms with Gasteiger partial charge in [-0.1, -0.05) is 18.5 Å². The van der Waals surface area contributed by atoms with E-state index in [1.807, 2.05) is 0 Å². The van der Waals surface area contributed by atoms with Gasteiger partial charge in [-0.25, -0.2) is 4.79 Å². The molecule has 0 atom stereocenters. The molecule has 1 aromatic heterocycles. The number of anilines is 2. The van der Waals surface area contributed by atoms with Crippen LogP contribution in [0.1, 0.15) is 27.7 Å². The Kier molecular flexibility index (Phi) is 5.27. The van der Waals surface area contributed by atoms with E-state index in [-0.39, 0.29) is 0 Å². The third kappa shape index (κ3) is 3.95. The largest absolute Gasteiger partial charge is 0.365 e. The number of likely N-dealkylation sites (N-methyl/N-ethyl adjacent to an activating group) is 1. The first-order valence-electron chi connectivity index (χ1n) is 7.98. The van der Waals surface area contributed by atoms with E-state index in [1.165, 1.54) is 11.3 Å². The number of primary amides is 1. The second-order valence-electron chi connectivity index (χ2n) is 5.78. The normalized spacial score (nSPS) is 14.0. The third-order valence-electron chi connectivity index (χ3n) is 4.16. The van der Waals surface area contributed by atoms with Crippen LogP contribution in [0.3, 0.4) is 0 Å². The van der Waals surface area contributed by atoms with Gasteiger partial charge in [-0.3, -0.25) is 15.0 Å². The molecule has 3 amide bonds. The zero-order valence-electron chi connectivity index (χ0n) is 13.8. The lowest BCUT2D eigenvalue weighted by Gasteiger charge is -2.25. The standard InChI is InChI=1S/C17H19ClN4O2S/c1-2-22-8-7-12-13(9-22)25-16(14(12)15(19)23)21-17(24)20-11-5-3-10(18)4-6-11/h3-6H,2,7-9H2,1H3,(H2,19,23)(H2,20,21,24). The first-order valence-corrected chi connectivity index (χ1v) is 9.17. The van der Waals surface area contributed by atoms with E-state index in [4.69, 9.17) is 17.3 Å². The molecule has 0 unspecified atom stereocenters. The van der Waals surface area contributed by atoms with Gasteiger partial charge in [-0.15, -0.1) is 11.3 Å². The molecule has 1 aliphatic rings. The number of hydrogen-bond acceptors (Lipinski definition) is 4. The second kappa shape index (κ2) is 7.43. The summed E-state index contributed by atoms with van der Waals surface area (Å²) in [5.41, 5.74) is 7.57. The van der Waals surface area contributed by atoms with E-state index in [0.29, 0.717) is 21.3 Å². The Morgan fingerprint density at radius 2 is 2.00 bits per heavy atom. The summed E-state index contributed by atoms with van der Waals surface area (Å²) < 4.78 is 0. The van der Waals surface area contributed by atoms with E-state index < -0.39 is 11.9 Å². The molecular weight excluding hydrogens is 360 g/mol. The number of halogens is 1. The summed E-state index contributed by atoms with van der Waals surface area (Å²) in [5, 5.41) is 6.57. The van der Waals surface area contributed by atoms with Crippen molar-refractivity contribution in [1.29, 1.82) is 0 Å². The number of hydrogen-bond donors (Lipinski definition) is 3. The first-order chi connectivity index (χ1) is 12.0. The molecule has 0 bridgehead atoms. The lowest BCUT2D eigenvalue weighted by molar-refractivity contribution is 0.1000. The molecule has 3 rings (SSSR count). The van der Waals surface area contributed by atoms with E-state index in [2.05, 4.69) is 22.5 Å². The summed E-state index contributed by atoms with van der Waals surface area (Å²) in [6.07, 6.45) is 0.762. The maximum atomic E-state index is 12.3. The quantitative estimate of drug-likeness (QED) is 0.760. The van der Waals surface area contributed by atoms with Gasteiger partial charge in [0.05, 0.1) is 5.56 Å². The topological polar surface area (TPSA) is 87.5 Å². The number of nitrogens with one attached hydrogen (secondary N) is 2. The summed E-state index contributed by atoms with van der Waals surface area (Å²) in [7, 11) is 0. The number of benzene rings is 1. The number of nitrogens with zero attached hydrogens (tertiary/aromatic N) is 1. The number of nitrogens with two attached hydrogens (primary N) is 1. The number of rotatable bonds is 4. The second-order valence-corrected chi connectivity index (χ2v) is 7.32. The van der Waals surface area contributed by atoms with E-state index in [9.17, 15) is 9.59 Å². The van der Waals surface area contributed by atoms with Gasteiger partial charge >= 0.3 is 6.03 Å². The average Bonchev–Trinajstić information content (AvgIpc) is 2.93. The highest BCUT2D eigenvalue weighted by Crippen LogP contribution is 2.36. The summed E-state index contributed by atoms with van der Waals surface area (Å²) in [6.45, 7) is 4.71. The maximum absolute atomic E-state index is 12.3. The van der Waals surface area contributed by atoms with Crippen molar-refractivity contribution in [1.82, 2.24) is 4.90 Å². The fourth-order valence-electron chi connectivity index (χ4n) is 2.87. The Morgan fingerprint density at radius 1 is 1.28 bits per heavy atom. The Balaban J connectivity index is 1.79. The highest BCUT2D eigenvalue weighted by atomic mass is 35.5. The Bertz CT molecular complexity index is 804. The van der Waals surface area contributed by atoms with Crippen LogP contribution < -0.4 is 16.4 Å². The van der Waals surface area contributed by atoms with Crippen LogP contribution >= 0.6 is 22.9 Å². The fraction of sp³-hybridized carbons (Fsp3) is 0.294. The minimum Gasteiger partial charge on any atom is -0.365 e. The zero-order valence-corrected chi connectivity index (χ0v) is 15.3. The molecular formula is C17H19ClN4O2S. The van der Waals surface area contributed by atoms with Crippen molar-refractivity contribution < 1.29 is 9.59 Å². The molecule has 2 aromatic rings. The van der Waals surface area contributed by atoms with Gasteiger partial charge in [-0.05, 0) is 42.8 Å². The molecule has 1 aliphatic heterocycles. The molecule has 132 valence electrons. The van der Waals surface area contributed by atoms with Crippen LogP contribution in [0.2, 0.25) is 5.02 Å². The lowest BCUT2D eigenvalue weighted by atomic mass is 10.0. The Labute approximate surface area is 155 Å². The summed E-state index contributed by atoms with van der Waals surface area (Å²) >= 11 is 7.25. The van der Waals surface area contributed by atoms with Crippen molar-refractivity contribution in [3.8, 4) is 0 Å². The van der Waals surface area contributed by atoms with Gasteiger partial charge < -0.3 is 11.1 Å². The molecule has 4 N–H and O–H groups in total. The van der Waals surface area contributed by atoms with Crippen LogP contribution in [-0.4, -0.2) is 29.9 Å².